The highest BCUT2D eigenvalue weighted by Crippen LogP contribution is 2.28. The van der Waals surface area contributed by atoms with Gasteiger partial charge in [-0.15, -0.1) is 11.3 Å². The van der Waals surface area contributed by atoms with Gasteiger partial charge in [0.05, 0.1) is 11.7 Å². The summed E-state index contributed by atoms with van der Waals surface area (Å²) in [7, 11) is 0. The fourth-order valence-corrected chi connectivity index (χ4v) is 4.24. The summed E-state index contributed by atoms with van der Waals surface area (Å²) in [6.07, 6.45) is 3.17. The third kappa shape index (κ3) is 4.86. The molecule has 138 valence electrons. The molecule has 0 saturated heterocycles. The van der Waals surface area contributed by atoms with E-state index in [1.165, 1.54) is 15.0 Å². The van der Waals surface area contributed by atoms with Crippen LogP contribution in [0.2, 0.25) is 0 Å². The number of nitrogens with zero attached hydrogens (tertiary/aromatic N) is 1. The summed E-state index contributed by atoms with van der Waals surface area (Å²) in [4.78, 5) is 12.8. The van der Waals surface area contributed by atoms with E-state index in [0.717, 1.165) is 31.4 Å². The highest BCUT2D eigenvalue weighted by Gasteiger charge is 2.37. The van der Waals surface area contributed by atoms with Gasteiger partial charge in [0, 0.05) is 27.0 Å². The largest absolute Gasteiger partial charge is 0.465 e. The van der Waals surface area contributed by atoms with Crippen LogP contribution in [-0.2, 0) is 0 Å². The number of fused-ring (bicyclic) bond motifs is 1. The number of hydrogen-bond acceptors (Lipinski definition) is 4. The molecule has 3 rings (SSSR count). The Labute approximate surface area is 153 Å². The van der Waals surface area contributed by atoms with Crippen molar-refractivity contribution in [1.29, 1.82) is 0 Å². The Morgan fingerprint density at radius 2 is 1.88 bits per heavy atom. The number of rotatable bonds is 1. The normalized spacial score (nSPS) is 20.6. The zero-order chi connectivity index (χ0) is 18.6. The summed E-state index contributed by atoms with van der Waals surface area (Å²) in [6, 6.07) is 8.13. The maximum absolute atomic E-state index is 11.3. The van der Waals surface area contributed by atoms with Crippen LogP contribution in [-0.4, -0.2) is 33.7 Å². The van der Waals surface area contributed by atoms with Gasteiger partial charge in [-0.05, 0) is 39.7 Å². The molecule has 1 fully saturated rings. The van der Waals surface area contributed by atoms with E-state index in [9.17, 15) is 9.90 Å². The van der Waals surface area contributed by atoms with Crippen LogP contribution in [0.3, 0.4) is 0 Å². The molecule has 2 aromatic rings. The second-order valence-electron chi connectivity index (χ2n) is 7.53. The van der Waals surface area contributed by atoms with Crippen molar-refractivity contribution in [3.8, 4) is 0 Å². The monoisotopic (exact) mass is 363 g/mol. The molecule has 1 heterocycles. The summed E-state index contributed by atoms with van der Waals surface area (Å²) in [5.74, 6) is 0. The Kier molecular flexibility index (Phi) is 6.30. The number of thiophene rings is 1. The minimum atomic E-state index is -0.857. The Morgan fingerprint density at radius 3 is 2.44 bits per heavy atom. The van der Waals surface area contributed by atoms with Gasteiger partial charge in [0.1, 0.15) is 0 Å². The molecule has 0 aliphatic heterocycles. The summed E-state index contributed by atoms with van der Waals surface area (Å²) < 4.78 is 1.26. The van der Waals surface area contributed by atoms with Crippen molar-refractivity contribution < 1.29 is 9.90 Å². The molecular weight excluding hydrogens is 334 g/mol. The molecule has 2 atom stereocenters. The van der Waals surface area contributed by atoms with Crippen LogP contribution in [0.5, 0.6) is 0 Å². The molecule has 0 unspecified atom stereocenters. The third-order valence-corrected chi connectivity index (χ3v) is 5.53. The first-order chi connectivity index (χ1) is 11.7. The number of benzene rings is 1. The summed E-state index contributed by atoms with van der Waals surface area (Å²) in [6.45, 7) is 5.76. The number of carbonyl (C=O) groups is 1. The highest BCUT2D eigenvalue weighted by molar-refractivity contribution is 7.17. The lowest BCUT2D eigenvalue weighted by Crippen LogP contribution is -2.58. The summed E-state index contributed by atoms with van der Waals surface area (Å²) in [5, 5.41) is 12.4. The predicted octanol–water partition coefficient (Wildman–Crippen LogP) is 4.52. The molecule has 1 aliphatic carbocycles. The van der Waals surface area contributed by atoms with Crippen molar-refractivity contribution in [2.75, 3.05) is 5.73 Å². The second kappa shape index (κ2) is 8.06. The summed E-state index contributed by atoms with van der Waals surface area (Å²) in [5.41, 5.74) is 12.2. The van der Waals surface area contributed by atoms with Crippen LogP contribution in [0, 0.1) is 0 Å². The number of nitrogens with two attached hydrogens (primary N) is 2. The van der Waals surface area contributed by atoms with Gasteiger partial charge in [-0.1, -0.05) is 31.0 Å². The van der Waals surface area contributed by atoms with E-state index in [-0.39, 0.29) is 17.6 Å². The molecule has 1 saturated carbocycles. The van der Waals surface area contributed by atoms with E-state index in [1.54, 1.807) is 11.3 Å². The molecule has 1 aliphatic rings. The average molecular weight is 364 g/mol. The van der Waals surface area contributed by atoms with Crippen LogP contribution < -0.4 is 11.5 Å². The molecule has 25 heavy (non-hydrogen) atoms. The molecular formula is C19H29N3O2S. The molecule has 1 aromatic carbocycles. The van der Waals surface area contributed by atoms with Crippen molar-refractivity contribution in [2.24, 2.45) is 5.73 Å². The SMILES string of the molecule is CC(C)(C)N(C(=O)O)[C@H]1CCCC[C@H]1N.Nc1csc2ccccc12. The molecule has 5 nitrogen and oxygen atoms in total. The van der Waals surface area contributed by atoms with Gasteiger partial charge >= 0.3 is 6.09 Å². The minimum absolute atomic E-state index is 0.00549. The number of carboxylic acid groups (broad SMARTS) is 1. The Balaban J connectivity index is 0.000000194. The lowest BCUT2D eigenvalue weighted by molar-refractivity contribution is 0.0491. The van der Waals surface area contributed by atoms with Gasteiger partial charge in [-0.25, -0.2) is 4.79 Å². The smallest absolute Gasteiger partial charge is 0.408 e. The van der Waals surface area contributed by atoms with E-state index in [4.69, 9.17) is 11.5 Å². The predicted molar refractivity (Wildman–Crippen MR) is 106 cm³/mol. The molecule has 0 radical (unpaired) electrons. The van der Waals surface area contributed by atoms with E-state index in [0.29, 0.717) is 0 Å². The maximum Gasteiger partial charge on any atom is 0.408 e. The number of anilines is 1. The van der Waals surface area contributed by atoms with Crippen LogP contribution in [0.25, 0.3) is 10.1 Å². The quantitative estimate of drug-likeness (QED) is 0.694. The zero-order valence-corrected chi connectivity index (χ0v) is 16.1. The number of nitrogen functional groups attached to an aromatic ring is 1. The van der Waals surface area contributed by atoms with Gasteiger partial charge < -0.3 is 16.6 Å². The highest BCUT2D eigenvalue weighted by atomic mass is 32.1. The van der Waals surface area contributed by atoms with Crippen molar-refractivity contribution in [1.82, 2.24) is 4.90 Å². The van der Waals surface area contributed by atoms with Crippen LogP contribution in [0.15, 0.2) is 29.6 Å². The van der Waals surface area contributed by atoms with Crippen LogP contribution >= 0.6 is 11.3 Å². The number of amides is 1. The second-order valence-corrected chi connectivity index (χ2v) is 8.44. The van der Waals surface area contributed by atoms with Gasteiger partial charge in [-0.2, -0.15) is 0 Å². The van der Waals surface area contributed by atoms with E-state index < -0.39 is 6.09 Å². The molecule has 1 amide bonds. The summed E-state index contributed by atoms with van der Waals surface area (Å²) >= 11 is 1.69. The third-order valence-electron chi connectivity index (χ3n) is 4.55. The van der Waals surface area contributed by atoms with Crippen molar-refractivity contribution in [3.63, 3.8) is 0 Å². The van der Waals surface area contributed by atoms with Crippen LogP contribution in [0.4, 0.5) is 10.5 Å². The fourth-order valence-electron chi connectivity index (χ4n) is 3.39. The van der Waals surface area contributed by atoms with Crippen molar-refractivity contribution >= 4 is 33.2 Å². The molecule has 0 bridgehead atoms. The zero-order valence-electron chi connectivity index (χ0n) is 15.2. The van der Waals surface area contributed by atoms with Crippen LogP contribution in [0.1, 0.15) is 46.5 Å². The average Bonchev–Trinajstić information content (AvgIpc) is 2.90. The fraction of sp³-hybridized carbons (Fsp3) is 0.526. The Morgan fingerprint density at radius 1 is 1.24 bits per heavy atom. The topological polar surface area (TPSA) is 92.6 Å². The van der Waals surface area contributed by atoms with Gasteiger partial charge in [0.25, 0.3) is 0 Å². The van der Waals surface area contributed by atoms with Gasteiger partial charge in [-0.3, -0.25) is 4.90 Å². The maximum atomic E-state index is 11.3. The van der Waals surface area contributed by atoms with E-state index >= 15 is 0 Å². The first-order valence-electron chi connectivity index (χ1n) is 8.71. The standard InChI is InChI=1S/C11H22N2O2.C8H7NS/c1-11(2,3)13(10(14)15)9-7-5-4-6-8(9)12;9-7-5-10-8-4-2-1-3-6(7)8/h8-9H,4-7,12H2,1-3H3,(H,14,15);1-5H,9H2/t8-,9+;/m1./s1. The first-order valence-corrected chi connectivity index (χ1v) is 9.59. The first kappa shape index (κ1) is 19.5. The Bertz CT molecular complexity index is 708. The molecule has 5 N–H and O–H groups in total. The lowest BCUT2D eigenvalue weighted by atomic mass is 9.87. The lowest BCUT2D eigenvalue weighted by Gasteiger charge is -2.44. The van der Waals surface area contributed by atoms with Crippen molar-refractivity contribution in [2.45, 2.75) is 64.1 Å². The molecule has 6 heteroatoms. The van der Waals surface area contributed by atoms with E-state index in [2.05, 4.69) is 6.07 Å². The molecule has 1 aromatic heterocycles. The van der Waals surface area contributed by atoms with Crippen molar-refractivity contribution in [3.05, 3.63) is 29.6 Å². The van der Waals surface area contributed by atoms with Gasteiger partial charge in [0.2, 0.25) is 0 Å². The Hall–Kier alpha value is -1.79. The van der Waals surface area contributed by atoms with E-state index in [1.807, 2.05) is 44.4 Å². The molecule has 0 spiro atoms. The number of hydrogen-bond donors (Lipinski definition) is 3. The minimum Gasteiger partial charge on any atom is -0.465 e. The van der Waals surface area contributed by atoms with Gasteiger partial charge in [0.15, 0.2) is 0 Å².